The van der Waals surface area contributed by atoms with Gasteiger partial charge < -0.3 is 23.7 Å². The zero-order valence-electron chi connectivity index (χ0n) is 13.5. The summed E-state index contributed by atoms with van der Waals surface area (Å²) in [6.45, 7) is 2.44. The molecule has 0 N–H and O–H groups in total. The van der Waals surface area contributed by atoms with Crippen LogP contribution < -0.4 is 21.0 Å². The fraction of sp³-hybridized carbons (Fsp3) is 0.615. The van der Waals surface area contributed by atoms with E-state index in [9.17, 15) is 23.9 Å². The lowest BCUT2D eigenvalue weighted by molar-refractivity contribution is -0.313. The van der Waals surface area contributed by atoms with Crippen molar-refractivity contribution in [2.75, 3.05) is 12.8 Å². The SMILES string of the molecule is CCOCn1cnc2c1c(=O)n(CCCCP(=O)([O-])[O-])c(=O)n2C. The first-order valence-electron chi connectivity index (χ1n) is 7.49. The van der Waals surface area contributed by atoms with Gasteiger partial charge >= 0.3 is 5.69 Å². The van der Waals surface area contributed by atoms with Gasteiger partial charge in [-0.05, 0) is 25.9 Å². The first-order chi connectivity index (χ1) is 11.3. The Bertz CT molecular complexity index is 877. The van der Waals surface area contributed by atoms with E-state index in [0.717, 1.165) is 4.57 Å². The van der Waals surface area contributed by atoms with Crippen molar-refractivity contribution in [2.24, 2.45) is 7.05 Å². The van der Waals surface area contributed by atoms with Crippen molar-refractivity contribution < 1.29 is 19.1 Å². The van der Waals surface area contributed by atoms with E-state index in [1.165, 1.54) is 22.5 Å². The molecular formula is C13H19N4O6P-2. The molecule has 10 nitrogen and oxygen atoms in total. The van der Waals surface area contributed by atoms with Crippen LogP contribution in [0, 0.1) is 0 Å². The van der Waals surface area contributed by atoms with Crippen LogP contribution in [0.1, 0.15) is 19.8 Å². The van der Waals surface area contributed by atoms with E-state index >= 15 is 0 Å². The van der Waals surface area contributed by atoms with Crippen LogP contribution in [0.4, 0.5) is 0 Å². The lowest BCUT2D eigenvalue weighted by atomic mass is 10.3. The quantitative estimate of drug-likeness (QED) is 0.418. The molecule has 24 heavy (non-hydrogen) atoms. The Morgan fingerprint density at radius 2 is 2.00 bits per heavy atom. The molecule has 0 aromatic carbocycles. The van der Waals surface area contributed by atoms with Gasteiger partial charge in [-0.1, -0.05) is 7.60 Å². The van der Waals surface area contributed by atoms with Gasteiger partial charge in [0.25, 0.3) is 5.56 Å². The minimum atomic E-state index is -4.57. The maximum Gasteiger partial charge on any atom is 0.332 e. The highest BCUT2D eigenvalue weighted by atomic mass is 31.2. The molecule has 0 aliphatic heterocycles. The van der Waals surface area contributed by atoms with Gasteiger partial charge in [0, 0.05) is 20.2 Å². The number of nitrogens with zero attached hydrogens (tertiary/aromatic N) is 4. The molecule has 0 fully saturated rings. The summed E-state index contributed by atoms with van der Waals surface area (Å²) in [6, 6.07) is 0. The summed E-state index contributed by atoms with van der Waals surface area (Å²) in [7, 11) is -3.07. The largest absolute Gasteiger partial charge is 0.811 e. The van der Waals surface area contributed by atoms with Crippen molar-refractivity contribution in [3.63, 3.8) is 0 Å². The molecular weight excluding hydrogens is 339 g/mol. The summed E-state index contributed by atoms with van der Waals surface area (Å²) < 4.78 is 19.7. The summed E-state index contributed by atoms with van der Waals surface area (Å²) in [4.78, 5) is 50.2. The molecule has 0 radical (unpaired) electrons. The van der Waals surface area contributed by atoms with Crippen molar-refractivity contribution in [3.05, 3.63) is 27.2 Å². The highest BCUT2D eigenvalue weighted by molar-refractivity contribution is 7.48. The molecule has 134 valence electrons. The standard InChI is InChI=1S/C13H21N4O6P/c1-3-23-9-16-8-14-11-10(16)12(18)17(13(19)15(11)2)6-4-5-7-24(20,21)22/h8H,3-7,9H2,1-2H3,(H2,20,21,22)/p-2. The van der Waals surface area contributed by atoms with Crippen LogP contribution in [0.15, 0.2) is 15.9 Å². The van der Waals surface area contributed by atoms with Crippen LogP contribution >= 0.6 is 7.60 Å². The third kappa shape index (κ3) is 4.02. The van der Waals surface area contributed by atoms with Crippen molar-refractivity contribution in [1.29, 1.82) is 0 Å². The zero-order valence-corrected chi connectivity index (χ0v) is 14.4. The van der Waals surface area contributed by atoms with Gasteiger partial charge in [-0.25, -0.2) is 9.78 Å². The summed E-state index contributed by atoms with van der Waals surface area (Å²) in [5.41, 5.74) is -0.562. The normalized spacial score (nSPS) is 12.2. The number of hydrogen-bond acceptors (Lipinski definition) is 7. The highest BCUT2D eigenvalue weighted by Crippen LogP contribution is 2.24. The Morgan fingerprint density at radius 3 is 2.62 bits per heavy atom. The van der Waals surface area contributed by atoms with Gasteiger partial charge in [0.2, 0.25) is 0 Å². The van der Waals surface area contributed by atoms with Gasteiger partial charge in [0.05, 0.1) is 6.33 Å². The minimum absolute atomic E-state index is 0.0290. The van der Waals surface area contributed by atoms with Crippen LogP contribution in [0.3, 0.4) is 0 Å². The van der Waals surface area contributed by atoms with Gasteiger partial charge in [0.1, 0.15) is 6.73 Å². The Hall–Kier alpha value is -1.74. The van der Waals surface area contributed by atoms with Gasteiger partial charge in [-0.3, -0.25) is 13.9 Å². The second kappa shape index (κ2) is 7.43. The number of aryl methyl sites for hydroxylation is 1. The zero-order chi connectivity index (χ0) is 17.9. The number of hydrogen-bond donors (Lipinski definition) is 0. The van der Waals surface area contributed by atoms with Crippen LogP contribution in [-0.4, -0.2) is 31.5 Å². The average molecular weight is 358 g/mol. The second-order valence-electron chi connectivity index (χ2n) is 5.35. The van der Waals surface area contributed by atoms with E-state index in [2.05, 4.69) is 4.98 Å². The smallest absolute Gasteiger partial charge is 0.332 e. The molecule has 2 rings (SSSR count). The van der Waals surface area contributed by atoms with Crippen molar-refractivity contribution in [3.8, 4) is 0 Å². The van der Waals surface area contributed by atoms with Crippen molar-refractivity contribution >= 4 is 18.8 Å². The van der Waals surface area contributed by atoms with E-state index in [-0.39, 0.29) is 37.3 Å². The predicted molar refractivity (Wildman–Crippen MR) is 82.6 cm³/mol. The van der Waals surface area contributed by atoms with Gasteiger partial charge in [-0.2, -0.15) is 0 Å². The number of rotatable bonds is 8. The molecule has 0 amide bonds. The van der Waals surface area contributed by atoms with E-state index < -0.39 is 25.0 Å². The first kappa shape index (κ1) is 18.6. The molecule has 0 aliphatic carbocycles. The third-order valence-electron chi connectivity index (χ3n) is 3.60. The Balaban J connectivity index is 2.34. The topological polar surface area (TPSA) is 134 Å². The van der Waals surface area contributed by atoms with Crippen LogP contribution in [0.5, 0.6) is 0 Å². The molecule has 0 aliphatic rings. The number of unbranched alkanes of at least 4 members (excludes halogenated alkanes) is 1. The monoisotopic (exact) mass is 358 g/mol. The van der Waals surface area contributed by atoms with Gasteiger partial charge in [0.15, 0.2) is 11.2 Å². The Kier molecular flexibility index (Phi) is 5.76. The molecule has 2 aromatic rings. The fourth-order valence-corrected chi connectivity index (χ4v) is 2.99. The Labute approximate surface area is 137 Å². The summed E-state index contributed by atoms with van der Waals surface area (Å²) in [5, 5.41) is 0. The Morgan fingerprint density at radius 1 is 1.29 bits per heavy atom. The molecule has 0 saturated carbocycles. The molecule has 2 aromatic heterocycles. The fourth-order valence-electron chi connectivity index (χ4n) is 2.38. The maximum absolute atomic E-state index is 12.6. The number of ether oxygens (including phenoxy) is 1. The summed E-state index contributed by atoms with van der Waals surface area (Å²) in [6.07, 6.45) is 1.26. The van der Waals surface area contributed by atoms with E-state index in [4.69, 9.17) is 4.74 Å². The summed E-state index contributed by atoms with van der Waals surface area (Å²) in [5.74, 6) is 0. The molecule has 0 bridgehead atoms. The lowest BCUT2D eigenvalue weighted by Gasteiger charge is -2.29. The average Bonchev–Trinajstić information content (AvgIpc) is 2.93. The predicted octanol–water partition coefficient (Wildman–Crippen LogP) is -1.42. The van der Waals surface area contributed by atoms with E-state index in [1.807, 2.05) is 6.92 Å². The lowest BCUT2D eigenvalue weighted by Crippen LogP contribution is -2.39. The third-order valence-corrected chi connectivity index (χ3v) is 4.46. The van der Waals surface area contributed by atoms with Crippen molar-refractivity contribution in [1.82, 2.24) is 18.7 Å². The number of imidazole rings is 1. The highest BCUT2D eigenvalue weighted by Gasteiger charge is 2.15. The molecule has 0 spiro atoms. The summed E-state index contributed by atoms with van der Waals surface area (Å²) >= 11 is 0. The molecule has 0 saturated heterocycles. The van der Waals surface area contributed by atoms with Crippen LogP contribution in [0.25, 0.3) is 11.2 Å². The van der Waals surface area contributed by atoms with Crippen LogP contribution in [-0.2, 0) is 29.6 Å². The number of fused-ring (bicyclic) bond motifs is 1. The van der Waals surface area contributed by atoms with Crippen molar-refractivity contribution in [2.45, 2.75) is 33.0 Å². The molecule has 2 heterocycles. The van der Waals surface area contributed by atoms with E-state index in [1.54, 1.807) is 0 Å². The second-order valence-corrected chi connectivity index (χ2v) is 7.02. The first-order valence-corrected chi connectivity index (χ1v) is 9.22. The molecule has 0 atom stereocenters. The van der Waals surface area contributed by atoms with Crippen LogP contribution in [0.2, 0.25) is 0 Å². The maximum atomic E-state index is 12.6. The van der Waals surface area contributed by atoms with E-state index in [0.29, 0.717) is 6.61 Å². The minimum Gasteiger partial charge on any atom is -0.811 e. The molecule has 11 heteroatoms. The number of aromatic nitrogens is 4. The van der Waals surface area contributed by atoms with Gasteiger partial charge in [-0.15, -0.1) is 0 Å². The molecule has 0 unspecified atom stereocenters.